The van der Waals surface area contributed by atoms with E-state index in [2.05, 4.69) is 6.58 Å². The van der Waals surface area contributed by atoms with Crippen LogP contribution in [0.15, 0.2) is 61.2 Å². The van der Waals surface area contributed by atoms with E-state index in [1.807, 2.05) is 36.4 Å². The van der Waals surface area contributed by atoms with Crippen molar-refractivity contribution in [1.82, 2.24) is 4.57 Å². The van der Waals surface area contributed by atoms with Gasteiger partial charge in [-0.25, -0.2) is 0 Å². The SMILES string of the molecule is C=C(c1ccccc1)c1cc(=COc2ccc(CN)c(OC)c2)n(C)c(=N)c1=C(O)OC. The molecule has 0 atom stereocenters. The Bertz CT molecular complexity index is 1310. The first-order chi connectivity index (χ1) is 15.4. The molecule has 7 heteroatoms. The number of hydrogen-bond donors (Lipinski definition) is 3. The third kappa shape index (κ3) is 4.53. The molecule has 1 heterocycles. The molecular weight excluding hydrogens is 406 g/mol. The average molecular weight is 434 g/mol. The summed E-state index contributed by atoms with van der Waals surface area (Å²) in [6.07, 6.45) is 1.53. The summed E-state index contributed by atoms with van der Waals surface area (Å²) in [5, 5.41) is 19.8. The molecular formula is C25H27N3O4. The van der Waals surface area contributed by atoms with E-state index in [9.17, 15) is 5.11 Å². The third-order valence-electron chi connectivity index (χ3n) is 5.17. The monoisotopic (exact) mass is 433 g/mol. The van der Waals surface area contributed by atoms with Crippen LogP contribution in [0.3, 0.4) is 0 Å². The molecule has 0 fully saturated rings. The van der Waals surface area contributed by atoms with Gasteiger partial charge in [-0.1, -0.05) is 43.0 Å². The lowest BCUT2D eigenvalue weighted by Gasteiger charge is -2.12. The Morgan fingerprint density at radius 2 is 1.88 bits per heavy atom. The fourth-order valence-electron chi connectivity index (χ4n) is 3.30. The fourth-order valence-corrected chi connectivity index (χ4v) is 3.30. The highest BCUT2D eigenvalue weighted by atomic mass is 16.6. The Morgan fingerprint density at radius 1 is 1.16 bits per heavy atom. The maximum atomic E-state index is 10.4. The normalized spacial score (nSPS) is 12.3. The largest absolute Gasteiger partial charge is 0.496 e. The van der Waals surface area contributed by atoms with Crippen molar-refractivity contribution in [1.29, 1.82) is 5.41 Å². The number of hydrogen-bond acceptors (Lipinski definition) is 6. The molecule has 0 unspecified atom stereocenters. The Labute approximate surface area is 186 Å². The molecule has 0 saturated carbocycles. The molecule has 166 valence electrons. The minimum absolute atomic E-state index is 0.0461. The average Bonchev–Trinajstić information content (AvgIpc) is 2.84. The molecule has 7 nitrogen and oxygen atoms in total. The van der Waals surface area contributed by atoms with E-state index < -0.39 is 0 Å². The second-order valence-corrected chi connectivity index (χ2v) is 7.03. The molecule has 2 aromatic carbocycles. The second kappa shape index (κ2) is 9.89. The molecule has 0 saturated heterocycles. The molecule has 32 heavy (non-hydrogen) atoms. The maximum absolute atomic E-state index is 10.4. The molecule has 0 aliphatic carbocycles. The van der Waals surface area contributed by atoms with E-state index in [4.69, 9.17) is 25.4 Å². The Balaban J connectivity index is 2.17. The Kier molecular flexibility index (Phi) is 7.02. The van der Waals surface area contributed by atoms with E-state index in [-0.39, 0.29) is 16.7 Å². The van der Waals surface area contributed by atoms with Gasteiger partial charge in [0, 0.05) is 30.8 Å². The molecule has 0 amide bonds. The van der Waals surface area contributed by atoms with Crippen molar-refractivity contribution < 1.29 is 19.3 Å². The minimum atomic E-state index is -0.354. The van der Waals surface area contributed by atoms with Gasteiger partial charge in [-0.15, -0.1) is 0 Å². The van der Waals surface area contributed by atoms with E-state index >= 15 is 0 Å². The van der Waals surface area contributed by atoms with Crippen molar-refractivity contribution in [3.05, 3.63) is 93.9 Å². The van der Waals surface area contributed by atoms with Crippen LogP contribution < -0.4 is 31.3 Å². The van der Waals surface area contributed by atoms with Crippen molar-refractivity contribution in [3.63, 3.8) is 0 Å². The fraction of sp³-hybridized carbons (Fsp3) is 0.160. The lowest BCUT2D eigenvalue weighted by molar-refractivity contribution is 0.230. The van der Waals surface area contributed by atoms with Crippen LogP contribution in [-0.4, -0.2) is 23.9 Å². The summed E-state index contributed by atoms with van der Waals surface area (Å²) < 4.78 is 17.8. The molecule has 3 aromatic rings. The number of aliphatic hydroxyl groups excluding tert-OH is 1. The predicted octanol–water partition coefficient (Wildman–Crippen LogP) is 2.12. The Hall–Kier alpha value is -3.97. The van der Waals surface area contributed by atoms with Gasteiger partial charge in [0.2, 0.25) is 0 Å². The van der Waals surface area contributed by atoms with Gasteiger partial charge in [-0.05, 0) is 23.3 Å². The van der Waals surface area contributed by atoms with Crippen molar-refractivity contribution in [2.24, 2.45) is 12.8 Å². The number of nitrogens with two attached hydrogens (primary N) is 1. The number of methoxy groups -OCH3 is 2. The number of aromatic nitrogens is 1. The number of aliphatic hydroxyl groups is 1. The summed E-state index contributed by atoms with van der Waals surface area (Å²) in [7, 11) is 4.63. The van der Waals surface area contributed by atoms with E-state index in [0.717, 1.165) is 11.1 Å². The summed E-state index contributed by atoms with van der Waals surface area (Å²) in [5.41, 5.74) is 8.71. The topological polar surface area (TPSA) is 103 Å². The van der Waals surface area contributed by atoms with Crippen molar-refractivity contribution >= 4 is 17.8 Å². The molecule has 4 N–H and O–H groups in total. The lowest BCUT2D eigenvalue weighted by atomic mass is 9.98. The van der Waals surface area contributed by atoms with Gasteiger partial charge in [0.15, 0.2) is 0 Å². The van der Waals surface area contributed by atoms with Crippen molar-refractivity contribution in [3.8, 4) is 11.5 Å². The van der Waals surface area contributed by atoms with Gasteiger partial charge >= 0.3 is 0 Å². The first kappa shape index (κ1) is 22.7. The molecule has 0 bridgehead atoms. The summed E-state index contributed by atoms with van der Waals surface area (Å²) >= 11 is 0. The van der Waals surface area contributed by atoms with Crippen molar-refractivity contribution in [2.75, 3.05) is 14.2 Å². The van der Waals surface area contributed by atoms with Crippen LogP contribution in [0.4, 0.5) is 0 Å². The van der Waals surface area contributed by atoms with Crippen LogP contribution in [0, 0.1) is 5.41 Å². The highest BCUT2D eigenvalue weighted by Gasteiger charge is 2.12. The zero-order chi connectivity index (χ0) is 23.3. The standard InChI is InChI=1S/C25H27N3O4/c1-16(17-8-6-5-7-9-17)21-12-19(28(2)24(27)23(21)25(29)31-4)15-32-20-11-10-18(14-26)22(13-20)30-3/h5-13,15,27,29H,1,14,26H2,2-4H3. The molecule has 1 aromatic heterocycles. The number of nitrogens with one attached hydrogen (secondary N) is 1. The summed E-state index contributed by atoms with van der Waals surface area (Å²) in [6.45, 7) is 4.55. The van der Waals surface area contributed by atoms with Crippen LogP contribution in [0.1, 0.15) is 16.7 Å². The second-order valence-electron chi connectivity index (χ2n) is 7.03. The first-order valence-electron chi connectivity index (χ1n) is 9.91. The quantitative estimate of drug-likeness (QED) is 0.530. The van der Waals surface area contributed by atoms with Gasteiger partial charge in [-0.2, -0.15) is 0 Å². The van der Waals surface area contributed by atoms with Gasteiger partial charge in [-0.3, -0.25) is 5.41 Å². The highest BCUT2D eigenvalue weighted by molar-refractivity contribution is 5.78. The zero-order valence-corrected chi connectivity index (χ0v) is 18.4. The summed E-state index contributed by atoms with van der Waals surface area (Å²) in [4.78, 5) is 0. The molecule has 0 aliphatic rings. The van der Waals surface area contributed by atoms with Gasteiger partial charge in [0.05, 0.1) is 19.6 Å². The van der Waals surface area contributed by atoms with Crippen LogP contribution in [-0.2, 0) is 18.3 Å². The molecule has 0 spiro atoms. The van der Waals surface area contributed by atoms with Crippen LogP contribution >= 0.6 is 0 Å². The van der Waals surface area contributed by atoms with Crippen molar-refractivity contribution in [2.45, 2.75) is 6.54 Å². The number of ether oxygens (including phenoxy) is 3. The van der Waals surface area contributed by atoms with Crippen LogP contribution in [0.5, 0.6) is 11.5 Å². The molecule has 0 aliphatic heterocycles. The number of benzene rings is 2. The minimum Gasteiger partial charge on any atom is -0.496 e. The molecule has 0 radical (unpaired) electrons. The molecule has 3 rings (SSSR count). The zero-order valence-electron chi connectivity index (χ0n) is 18.4. The summed E-state index contributed by atoms with van der Waals surface area (Å²) in [6, 6.07) is 16.7. The Morgan fingerprint density at radius 3 is 2.50 bits per heavy atom. The van der Waals surface area contributed by atoms with E-state index in [1.54, 1.807) is 36.9 Å². The summed E-state index contributed by atoms with van der Waals surface area (Å²) in [5.74, 6) is 0.841. The number of pyridine rings is 1. The van der Waals surface area contributed by atoms with E-state index in [0.29, 0.717) is 34.5 Å². The van der Waals surface area contributed by atoms with Crippen LogP contribution in [0.2, 0.25) is 0 Å². The highest BCUT2D eigenvalue weighted by Crippen LogP contribution is 2.24. The predicted molar refractivity (Wildman–Crippen MR) is 124 cm³/mol. The van der Waals surface area contributed by atoms with Crippen LogP contribution in [0.25, 0.3) is 17.8 Å². The van der Waals surface area contributed by atoms with Gasteiger partial charge in [0.1, 0.15) is 28.5 Å². The number of nitrogens with zero attached hydrogens (tertiary/aromatic N) is 1. The number of rotatable bonds is 7. The third-order valence-corrected chi connectivity index (χ3v) is 5.17. The first-order valence-corrected chi connectivity index (χ1v) is 9.91. The van der Waals surface area contributed by atoms with Gasteiger partial charge < -0.3 is 29.6 Å². The maximum Gasteiger partial charge on any atom is 0.288 e. The lowest BCUT2D eigenvalue weighted by Crippen LogP contribution is -2.44. The smallest absolute Gasteiger partial charge is 0.288 e. The van der Waals surface area contributed by atoms with E-state index in [1.165, 1.54) is 13.4 Å². The van der Waals surface area contributed by atoms with Gasteiger partial charge in [0.25, 0.3) is 5.95 Å².